The molecule has 0 saturated carbocycles. The monoisotopic (exact) mass is 324 g/mol. The van der Waals surface area contributed by atoms with Crippen molar-refractivity contribution in [1.29, 1.82) is 0 Å². The number of hydrogen-bond acceptors (Lipinski definition) is 4. The van der Waals surface area contributed by atoms with Gasteiger partial charge in [-0.3, -0.25) is 14.0 Å². The van der Waals surface area contributed by atoms with Crippen LogP contribution in [0, 0.1) is 0 Å². The van der Waals surface area contributed by atoms with Gasteiger partial charge in [-0.15, -0.1) is 0 Å². The molecule has 0 bridgehead atoms. The third-order valence-electron chi connectivity index (χ3n) is 3.85. The van der Waals surface area contributed by atoms with Crippen LogP contribution in [0.2, 0.25) is 0 Å². The van der Waals surface area contributed by atoms with Crippen molar-refractivity contribution >= 4 is 5.91 Å². The lowest BCUT2D eigenvalue weighted by molar-refractivity contribution is 0.0660. The van der Waals surface area contributed by atoms with Crippen molar-refractivity contribution < 1.29 is 13.6 Å². The third kappa shape index (κ3) is 3.55. The number of aromatic nitrogens is 4. The SMILES string of the molecule is O=C(NCc1nccn1C(F)F)c1ccn(C2CCCNC2)n1. The summed E-state index contributed by atoms with van der Waals surface area (Å²) in [5, 5.41) is 10.1. The van der Waals surface area contributed by atoms with Gasteiger partial charge in [0.25, 0.3) is 5.91 Å². The number of rotatable bonds is 5. The van der Waals surface area contributed by atoms with Crippen molar-refractivity contribution in [2.24, 2.45) is 0 Å². The Labute approximate surface area is 131 Å². The molecule has 23 heavy (non-hydrogen) atoms. The van der Waals surface area contributed by atoms with E-state index in [-0.39, 0.29) is 24.1 Å². The number of halogens is 2. The van der Waals surface area contributed by atoms with Gasteiger partial charge in [-0.1, -0.05) is 0 Å². The number of carbonyl (C=O) groups is 1. The van der Waals surface area contributed by atoms with Crippen LogP contribution in [0.4, 0.5) is 8.78 Å². The Hall–Kier alpha value is -2.29. The summed E-state index contributed by atoms with van der Waals surface area (Å²) in [6, 6.07) is 1.87. The van der Waals surface area contributed by atoms with Crippen molar-refractivity contribution in [3.63, 3.8) is 0 Å². The molecule has 1 amide bonds. The molecule has 124 valence electrons. The molecule has 0 spiro atoms. The summed E-state index contributed by atoms with van der Waals surface area (Å²) in [5.41, 5.74) is 0.269. The zero-order valence-electron chi connectivity index (χ0n) is 12.5. The molecular formula is C14H18F2N6O. The second kappa shape index (κ2) is 6.86. The van der Waals surface area contributed by atoms with Crippen LogP contribution in [0.3, 0.4) is 0 Å². The standard InChI is InChI=1S/C14H18F2N6O/c15-14(16)21-7-5-18-12(21)9-19-13(23)11-3-6-22(20-11)10-2-1-4-17-8-10/h3,5-7,10,14,17H,1-2,4,8-9H2,(H,19,23). The molecule has 1 aliphatic rings. The molecule has 1 saturated heterocycles. The highest BCUT2D eigenvalue weighted by Crippen LogP contribution is 2.16. The Balaban J connectivity index is 1.60. The maximum Gasteiger partial charge on any atom is 0.319 e. The Kier molecular flexibility index (Phi) is 4.65. The van der Waals surface area contributed by atoms with Crippen molar-refractivity contribution in [3.8, 4) is 0 Å². The average molecular weight is 324 g/mol. The van der Waals surface area contributed by atoms with Crippen molar-refractivity contribution in [2.45, 2.75) is 32.0 Å². The van der Waals surface area contributed by atoms with Crippen LogP contribution in [-0.4, -0.2) is 38.3 Å². The van der Waals surface area contributed by atoms with E-state index >= 15 is 0 Å². The topological polar surface area (TPSA) is 76.8 Å². The summed E-state index contributed by atoms with van der Waals surface area (Å²) in [7, 11) is 0. The van der Waals surface area contributed by atoms with Gasteiger partial charge in [0, 0.05) is 25.1 Å². The minimum absolute atomic E-state index is 0.0754. The smallest absolute Gasteiger partial charge is 0.319 e. The number of alkyl halides is 2. The van der Waals surface area contributed by atoms with Gasteiger partial charge >= 0.3 is 6.55 Å². The van der Waals surface area contributed by atoms with Crippen LogP contribution in [0.5, 0.6) is 0 Å². The van der Waals surface area contributed by atoms with E-state index in [0.717, 1.165) is 25.9 Å². The molecule has 3 heterocycles. The summed E-state index contributed by atoms with van der Waals surface area (Å²) in [6.07, 6.45) is 6.31. The predicted octanol–water partition coefficient (Wildman–Crippen LogP) is 1.33. The highest BCUT2D eigenvalue weighted by atomic mass is 19.3. The van der Waals surface area contributed by atoms with Gasteiger partial charge in [0.2, 0.25) is 0 Å². The van der Waals surface area contributed by atoms with E-state index in [1.54, 1.807) is 16.9 Å². The molecule has 3 rings (SSSR count). The number of carbonyl (C=O) groups excluding carboxylic acids is 1. The van der Waals surface area contributed by atoms with E-state index in [4.69, 9.17) is 0 Å². The molecule has 1 unspecified atom stereocenters. The van der Waals surface area contributed by atoms with Crippen molar-refractivity contribution in [1.82, 2.24) is 30.0 Å². The zero-order valence-corrected chi connectivity index (χ0v) is 12.5. The number of piperidine rings is 1. The largest absolute Gasteiger partial charge is 0.343 e. The maximum absolute atomic E-state index is 12.7. The van der Waals surface area contributed by atoms with Gasteiger partial charge in [-0.25, -0.2) is 4.98 Å². The first-order valence-electron chi connectivity index (χ1n) is 7.49. The fourth-order valence-electron chi connectivity index (χ4n) is 2.63. The summed E-state index contributed by atoms with van der Waals surface area (Å²) < 4.78 is 27.9. The van der Waals surface area contributed by atoms with Gasteiger partial charge in [-0.05, 0) is 25.5 Å². The minimum Gasteiger partial charge on any atom is -0.343 e. The van der Waals surface area contributed by atoms with Gasteiger partial charge in [0.1, 0.15) is 11.5 Å². The number of hydrogen-bond donors (Lipinski definition) is 2. The molecule has 1 atom stereocenters. The van der Waals surface area contributed by atoms with Gasteiger partial charge in [0.05, 0.1) is 12.6 Å². The first-order chi connectivity index (χ1) is 11.1. The summed E-state index contributed by atoms with van der Waals surface area (Å²) in [4.78, 5) is 15.9. The van der Waals surface area contributed by atoms with Crippen molar-refractivity contribution in [3.05, 3.63) is 36.2 Å². The Morgan fingerprint density at radius 3 is 3.09 bits per heavy atom. The number of amides is 1. The van der Waals surface area contributed by atoms with E-state index < -0.39 is 12.5 Å². The first-order valence-corrected chi connectivity index (χ1v) is 7.49. The Morgan fingerprint density at radius 2 is 2.35 bits per heavy atom. The van der Waals surface area contributed by atoms with E-state index in [1.807, 2.05) is 0 Å². The van der Waals surface area contributed by atoms with Crippen LogP contribution < -0.4 is 10.6 Å². The number of nitrogens with zero attached hydrogens (tertiary/aromatic N) is 4. The third-order valence-corrected chi connectivity index (χ3v) is 3.85. The zero-order chi connectivity index (χ0) is 16.2. The minimum atomic E-state index is -2.68. The van der Waals surface area contributed by atoms with E-state index in [0.29, 0.717) is 4.57 Å². The van der Waals surface area contributed by atoms with E-state index in [1.165, 1.54) is 12.4 Å². The molecule has 2 aromatic rings. The highest BCUT2D eigenvalue weighted by molar-refractivity contribution is 5.92. The van der Waals surface area contributed by atoms with Crippen LogP contribution in [-0.2, 0) is 6.54 Å². The summed E-state index contributed by atoms with van der Waals surface area (Å²) >= 11 is 0. The van der Waals surface area contributed by atoms with Crippen molar-refractivity contribution in [2.75, 3.05) is 13.1 Å². The molecule has 1 fully saturated rings. The fourth-order valence-corrected chi connectivity index (χ4v) is 2.63. The van der Waals surface area contributed by atoms with E-state index in [9.17, 15) is 13.6 Å². The fraction of sp³-hybridized carbons (Fsp3) is 0.500. The normalized spacial score (nSPS) is 18.3. The Morgan fingerprint density at radius 1 is 1.48 bits per heavy atom. The molecular weight excluding hydrogens is 306 g/mol. The summed E-state index contributed by atoms with van der Waals surface area (Å²) in [6.45, 7) is -0.924. The molecule has 2 aromatic heterocycles. The van der Waals surface area contributed by atoms with Gasteiger partial charge in [0.15, 0.2) is 0 Å². The molecule has 0 aromatic carbocycles. The van der Waals surface area contributed by atoms with Crippen LogP contribution in [0.25, 0.3) is 0 Å². The molecule has 7 nitrogen and oxygen atoms in total. The lowest BCUT2D eigenvalue weighted by Gasteiger charge is -2.22. The van der Waals surface area contributed by atoms with Gasteiger partial charge in [-0.2, -0.15) is 13.9 Å². The van der Waals surface area contributed by atoms with Crippen LogP contribution in [0.1, 0.15) is 41.7 Å². The average Bonchev–Trinajstić information content (AvgIpc) is 3.22. The van der Waals surface area contributed by atoms with Crippen LogP contribution >= 0.6 is 0 Å². The quantitative estimate of drug-likeness (QED) is 0.870. The lowest BCUT2D eigenvalue weighted by Crippen LogP contribution is -2.32. The second-order valence-corrected chi connectivity index (χ2v) is 5.39. The summed E-state index contributed by atoms with van der Waals surface area (Å²) in [5.74, 6) is -0.305. The second-order valence-electron chi connectivity index (χ2n) is 5.39. The Bertz CT molecular complexity index is 662. The molecule has 0 aliphatic carbocycles. The van der Waals surface area contributed by atoms with Gasteiger partial charge < -0.3 is 10.6 Å². The maximum atomic E-state index is 12.7. The molecule has 9 heteroatoms. The highest BCUT2D eigenvalue weighted by Gasteiger charge is 2.18. The predicted molar refractivity (Wildman–Crippen MR) is 78.0 cm³/mol. The molecule has 2 N–H and O–H groups in total. The van der Waals surface area contributed by atoms with Crippen LogP contribution in [0.15, 0.2) is 24.7 Å². The number of nitrogens with one attached hydrogen (secondary N) is 2. The van der Waals surface area contributed by atoms with E-state index in [2.05, 4.69) is 20.7 Å². The molecule has 1 aliphatic heterocycles. The number of imidazole rings is 1. The lowest BCUT2D eigenvalue weighted by atomic mass is 10.1. The molecule has 0 radical (unpaired) electrons. The first kappa shape index (κ1) is 15.6.